The van der Waals surface area contributed by atoms with Crippen molar-refractivity contribution >= 4 is 0 Å². The highest BCUT2D eigenvalue weighted by atomic mass is 19.2. The van der Waals surface area contributed by atoms with Crippen LogP contribution in [-0.4, -0.2) is 31.6 Å². The molecule has 1 aromatic rings. The fourth-order valence-electron chi connectivity index (χ4n) is 3.37. The van der Waals surface area contributed by atoms with Gasteiger partial charge in [0.05, 0.1) is 0 Å². The molecule has 0 amide bonds. The summed E-state index contributed by atoms with van der Waals surface area (Å²) in [4.78, 5) is 2.29. The van der Waals surface area contributed by atoms with Gasteiger partial charge in [0.25, 0.3) is 0 Å². The van der Waals surface area contributed by atoms with Crippen LogP contribution in [0.1, 0.15) is 44.2 Å². The van der Waals surface area contributed by atoms with Crippen molar-refractivity contribution in [3.63, 3.8) is 0 Å². The van der Waals surface area contributed by atoms with E-state index >= 15 is 0 Å². The number of nitrogens with zero attached hydrogens (tertiary/aromatic N) is 1. The minimum Gasteiger partial charge on any atom is -0.312 e. The lowest BCUT2D eigenvalue weighted by atomic mass is 9.86. The van der Waals surface area contributed by atoms with Crippen LogP contribution in [0.15, 0.2) is 18.2 Å². The molecule has 0 aliphatic heterocycles. The minimum atomic E-state index is -0.776. The Hall–Kier alpha value is -1.00. The van der Waals surface area contributed by atoms with Crippen molar-refractivity contribution in [2.75, 3.05) is 20.6 Å². The van der Waals surface area contributed by atoms with Crippen LogP contribution < -0.4 is 5.32 Å². The van der Waals surface area contributed by atoms with E-state index in [1.54, 1.807) is 19.2 Å². The molecule has 3 unspecified atom stereocenters. The summed E-state index contributed by atoms with van der Waals surface area (Å²) in [6, 6.07) is 4.75. The summed E-state index contributed by atoms with van der Waals surface area (Å²) in [7, 11) is 3.89. The lowest BCUT2D eigenvalue weighted by Gasteiger charge is -2.36. The molecule has 21 heavy (non-hydrogen) atoms. The number of nitrogens with one attached hydrogen (secondary N) is 1. The molecule has 1 N–H and O–H groups in total. The molecule has 2 nitrogen and oxygen atoms in total. The van der Waals surface area contributed by atoms with Crippen LogP contribution in [0, 0.1) is 17.6 Å². The Morgan fingerprint density at radius 3 is 2.76 bits per heavy atom. The van der Waals surface area contributed by atoms with Gasteiger partial charge < -0.3 is 10.2 Å². The topological polar surface area (TPSA) is 15.3 Å². The van der Waals surface area contributed by atoms with E-state index < -0.39 is 11.6 Å². The Kier molecular flexibility index (Phi) is 5.71. The third-order valence-corrected chi connectivity index (χ3v) is 4.71. The van der Waals surface area contributed by atoms with E-state index in [2.05, 4.69) is 24.2 Å². The Morgan fingerprint density at radius 1 is 1.33 bits per heavy atom. The molecule has 1 fully saturated rings. The SMILES string of the molecule is CNC(CN(C)C1CCCC(C)C1)c1cccc(F)c1F. The quantitative estimate of drug-likeness (QED) is 0.890. The third kappa shape index (κ3) is 4.01. The van der Waals surface area contributed by atoms with Crippen molar-refractivity contribution in [3.05, 3.63) is 35.4 Å². The number of halogens is 2. The van der Waals surface area contributed by atoms with Crippen molar-refractivity contribution in [2.24, 2.45) is 5.92 Å². The van der Waals surface area contributed by atoms with Crippen LogP contribution in [0.25, 0.3) is 0 Å². The molecule has 0 spiro atoms. The van der Waals surface area contributed by atoms with Gasteiger partial charge in [0, 0.05) is 24.2 Å². The Balaban J connectivity index is 2.06. The Morgan fingerprint density at radius 2 is 2.10 bits per heavy atom. The van der Waals surface area contributed by atoms with Crippen LogP contribution >= 0.6 is 0 Å². The summed E-state index contributed by atoms with van der Waals surface area (Å²) in [6.07, 6.45) is 4.95. The summed E-state index contributed by atoms with van der Waals surface area (Å²) in [5.74, 6) is -0.755. The Labute approximate surface area is 126 Å². The molecule has 2 rings (SSSR count). The fraction of sp³-hybridized carbons (Fsp3) is 0.647. The predicted molar refractivity (Wildman–Crippen MR) is 82.2 cm³/mol. The van der Waals surface area contributed by atoms with E-state index in [0.29, 0.717) is 18.2 Å². The molecule has 0 aromatic heterocycles. The van der Waals surface area contributed by atoms with E-state index in [9.17, 15) is 8.78 Å². The zero-order chi connectivity index (χ0) is 15.4. The van der Waals surface area contributed by atoms with E-state index in [0.717, 1.165) is 12.0 Å². The lowest BCUT2D eigenvalue weighted by Crippen LogP contribution is -2.40. The second-order valence-corrected chi connectivity index (χ2v) is 6.35. The van der Waals surface area contributed by atoms with Crippen LogP contribution in [0.3, 0.4) is 0 Å². The van der Waals surface area contributed by atoms with E-state index in [-0.39, 0.29) is 6.04 Å². The molecule has 3 atom stereocenters. The van der Waals surface area contributed by atoms with Gasteiger partial charge in [-0.15, -0.1) is 0 Å². The largest absolute Gasteiger partial charge is 0.312 e. The van der Waals surface area contributed by atoms with Gasteiger partial charge in [-0.25, -0.2) is 8.78 Å². The van der Waals surface area contributed by atoms with Crippen molar-refractivity contribution in [3.8, 4) is 0 Å². The van der Waals surface area contributed by atoms with Crippen molar-refractivity contribution in [1.82, 2.24) is 10.2 Å². The highest BCUT2D eigenvalue weighted by molar-refractivity contribution is 5.23. The molecule has 0 saturated heterocycles. The van der Waals surface area contributed by atoms with Crippen LogP contribution in [-0.2, 0) is 0 Å². The first-order valence-corrected chi connectivity index (χ1v) is 7.84. The van der Waals surface area contributed by atoms with E-state index in [1.165, 1.54) is 25.7 Å². The van der Waals surface area contributed by atoms with Crippen molar-refractivity contribution in [2.45, 2.75) is 44.7 Å². The van der Waals surface area contributed by atoms with Gasteiger partial charge in [0.15, 0.2) is 11.6 Å². The third-order valence-electron chi connectivity index (χ3n) is 4.71. The molecular formula is C17H26F2N2. The predicted octanol–water partition coefficient (Wildman–Crippen LogP) is 3.74. The van der Waals surface area contributed by atoms with Gasteiger partial charge in [0.2, 0.25) is 0 Å². The maximum Gasteiger partial charge on any atom is 0.163 e. The zero-order valence-corrected chi connectivity index (χ0v) is 13.2. The van der Waals surface area contributed by atoms with E-state index in [4.69, 9.17) is 0 Å². The first kappa shape index (κ1) is 16.4. The standard InChI is InChI=1S/C17H26F2N2/c1-12-6-4-7-13(10-12)21(3)11-16(20-2)14-8-5-9-15(18)17(14)19/h5,8-9,12-13,16,20H,4,6-7,10-11H2,1-3H3. The highest BCUT2D eigenvalue weighted by Crippen LogP contribution is 2.28. The maximum absolute atomic E-state index is 14.0. The maximum atomic E-state index is 14.0. The van der Waals surface area contributed by atoms with Gasteiger partial charge in [-0.3, -0.25) is 0 Å². The number of benzene rings is 1. The molecule has 1 aliphatic rings. The first-order chi connectivity index (χ1) is 10.0. The molecule has 1 saturated carbocycles. The number of hydrogen-bond acceptors (Lipinski definition) is 2. The van der Waals surface area contributed by atoms with Gasteiger partial charge in [-0.05, 0) is 38.9 Å². The second-order valence-electron chi connectivity index (χ2n) is 6.35. The van der Waals surface area contributed by atoms with Crippen LogP contribution in [0.2, 0.25) is 0 Å². The normalized spacial score (nSPS) is 24.3. The summed E-state index contributed by atoms with van der Waals surface area (Å²) in [5, 5.41) is 3.12. The molecule has 118 valence electrons. The van der Waals surface area contributed by atoms with E-state index in [1.807, 2.05) is 0 Å². The van der Waals surface area contributed by atoms with Crippen LogP contribution in [0.4, 0.5) is 8.78 Å². The molecule has 1 aliphatic carbocycles. The van der Waals surface area contributed by atoms with Crippen molar-refractivity contribution < 1.29 is 8.78 Å². The van der Waals surface area contributed by atoms with Gasteiger partial charge in [0.1, 0.15) is 0 Å². The summed E-state index contributed by atoms with van der Waals surface area (Å²) in [6.45, 7) is 2.98. The minimum absolute atomic E-state index is 0.192. The fourth-order valence-corrected chi connectivity index (χ4v) is 3.37. The highest BCUT2D eigenvalue weighted by Gasteiger charge is 2.25. The molecular weight excluding hydrogens is 270 g/mol. The molecule has 0 heterocycles. The summed E-state index contributed by atoms with van der Waals surface area (Å²) in [5.41, 5.74) is 0.410. The van der Waals surface area contributed by atoms with Crippen molar-refractivity contribution in [1.29, 1.82) is 0 Å². The molecule has 0 radical (unpaired) electrons. The summed E-state index contributed by atoms with van der Waals surface area (Å²) < 4.78 is 27.4. The number of likely N-dealkylation sites (N-methyl/N-ethyl adjacent to an activating group) is 2. The van der Waals surface area contributed by atoms with Crippen LogP contribution in [0.5, 0.6) is 0 Å². The second kappa shape index (κ2) is 7.32. The van der Waals surface area contributed by atoms with Gasteiger partial charge in [-0.1, -0.05) is 31.9 Å². The monoisotopic (exact) mass is 296 g/mol. The molecule has 0 bridgehead atoms. The van der Waals surface area contributed by atoms with Gasteiger partial charge in [-0.2, -0.15) is 0 Å². The number of hydrogen-bond donors (Lipinski definition) is 1. The average Bonchev–Trinajstić information content (AvgIpc) is 2.48. The van der Waals surface area contributed by atoms with Gasteiger partial charge >= 0.3 is 0 Å². The number of rotatable bonds is 5. The first-order valence-electron chi connectivity index (χ1n) is 7.84. The smallest absolute Gasteiger partial charge is 0.163 e. The average molecular weight is 296 g/mol. The lowest BCUT2D eigenvalue weighted by molar-refractivity contribution is 0.151. The zero-order valence-electron chi connectivity index (χ0n) is 13.2. The summed E-state index contributed by atoms with van der Waals surface area (Å²) >= 11 is 0. The molecule has 1 aromatic carbocycles. The Bertz CT molecular complexity index is 464. The molecule has 4 heteroatoms.